The highest BCUT2D eigenvalue weighted by Crippen LogP contribution is 2.42. The lowest BCUT2D eigenvalue weighted by Gasteiger charge is -2.41. The van der Waals surface area contributed by atoms with Crippen LogP contribution in [0.25, 0.3) is 0 Å². The first kappa shape index (κ1) is 29.9. The summed E-state index contributed by atoms with van der Waals surface area (Å²) < 4.78 is 47.0. The number of amides is 3. The van der Waals surface area contributed by atoms with E-state index in [9.17, 15) is 27.6 Å². The summed E-state index contributed by atoms with van der Waals surface area (Å²) in [6.45, 7) is 3.58. The van der Waals surface area contributed by atoms with Crippen LogP contribution in [0, 0.1) is 12.3 Å². The lowest BCUT2D eigenvalue weighted by molar-refractivity contribution is -0.143. The van der Waals surface area contributed by atoms with Crippen molar-refractivity contribution in [1.82, 2.24) is 25.3 Å². The summed E-state index contributed by atoms with van der Waals surface area (Å²) in [7, 11) is 0. The van der Waals surface area contributed by atoms with Gasteiger partial charge in [-0.3, -0.25) is 19.1 Å². The molecule has 228 valence electrons. The molecule has 2 aliphatic heterocycles. The maximum atomic E-state index is 13.5. The molecule has 3 heterocycles. The van der Waals surface area contributed by atoms with Gasteiger partial charge in [0.1, 0.15) is 12.3 Å². The number of carbonyl (C=O) groups is 3. The van der Waals surface area contributed by atoms with E-state index in [0.717, 1.165) is 30.9 Å². The number of likely N-dealkylation sites (tertiary alicyclic amines) is 1. The number of nitrogens with zero attached hydrogens (tertiary/aromatic N) is 3. The molecule has 0 unspecified atom stereocenters. The highest BCUT2D eigenvalue weighted by atomic mass is 19.4. The fraction of sp³-hybridized carbons (Fsp3) is 0.600. The fourth-order valence-electron chi connectivity index (χ4n) is 5.87. The number of benzene rings is 1. The van der Waals surface area contributed by atoms with E-state index in [1.807, 2.05) is 19.1 Å². The molecule has 12 heteroatoms. The first-order valence-corrected chi connectivity index (χ1v) is 14.8. The van der Waals surface area contributed by atoms with Crippen LogP contribution in [0.5, 0.6) is 5.75 Å². The zero-order chi connectivity index (χ0) is 29.9. The number of piperidine rings is 1. The third-order valence-electron chi connectivity index (χ3n) is 8.55. The van der Waals surface area contributed by atoms with Crippen LogP contribution >= 0.6 is 0 Å². The Hall–Kier alpha value is -3.57. The van der Waals surface area contributed by atoms with Crippen molar-refractivity contribution in [2.45, 2.75) is 76.9 Å². The number of alkyl halides is 3. The highest BCUT2D eigenvalue weighted by Gasteiger charge is 2.42. The SMILES string of the molecule is Cc1ccc2c(c1)OCCCNC(=O)C1(CCCCNC2=O)CCN(C(=O)Cn2nc(C(F)(F)F)cc2C2CC2)CC1. The maximum absolute atomic E-state index is 13.5. The molecule has 0 bridgehead atoms. The Balaban J connectivity index is 1.21. The Labute approximate surface area is 243 Å². The Bertz CT molecular complexity index is 1310. The average Bonchev–Trinajstić information content (AvgIpc) is 3.70. The zero-order valence-electron chi connectivity index (χ0n) is 23.9. The number of aryl methyl sites for hydroxylation is 1. The lowest BCUT2D eigenvalue weighted by Crippen LogP contribution is -2.51. The molecule has 1 saturated carbocycles. The number of ether oxygens (including phenoxy) is 1. The fourth-order valence-corrected chi connectivity index (χ4v) is 5.87. The van der Waals surface area contributed by atoms with Gasteiger partial charge in [-0.1, -0.05) is 12.5 Å². The van der Waals surface area contributed by atoms with E-state index in [1.54, 1.807) is 11.0 Å². The second kappa shape index (κ2) is 12.3. The Morgan fingerprint density at radius 3 is 2.50 bits per heavy atom. The first-order chi connectivity index (χ1) is 20.1. The third kappa shape index (κ3) is 6.90. The van der Waals surface area contributed by atoms with Gasteiger partial charge in [0, 0.05) is 37.8 Å². The van der Waals surface area contributed by atoms with Crippen molar-refractivity contribution in [1.29, 1.82) is 0 Å². The highest BCUT2D eigenvalue weighted by molar-refractivity contribution is 5.97. The number of halogens is 3. The minimum Gasteiger partial charge on any atom is -0.493 e. The molecule has 3 aliphatic rings. The van der Waals surface area contributed by atoms with E-state index in [1.165, 1.54) is 4.68 Å². The molecular formula is C30H38F3N5O4. The molecule has 1 spiro atoms. The summed E-state index contributed by atoms with van der Waals surface area (Å²) in [5.74, 6) is -0.00755. The molecule has 2 N–H and O–H groups in total. The topological polar surface area (TPSA) is 106 Å². The van der Waals surface area contributed by atoms with Crippen LogP contribution in [0.1, 0.15) is 84.6 Å². The standard InChI is InChI=1S/C30H38F3N5O4/c1-20-5-8-22-24(17-20)42-16-4-13-35-28(41)29(9-2-3-12-34-27(22)40)10-14-37(15-11-29)26(39)19-38-23(21-6-7-21)18-25(36-38)30(31,32)33/h5,8,17-18,21H,2-4,6-7,9-16,19H2,1H3,(H,34,40)(H,35,41). The third-order valence-corrected chi connectivity index (χ3v) is 8.55. The predicted molar refractivity (Wildman–Crippen MR) is 148 cm³/mol. The van der Waals surface area contributed by atoms with Gasteiger partial charge in [0.25, 0.3) is 5.91 Å². The molecular weight excluding hydrogens is 551 g/mol. The van der Waals surface area contributed by atoms with Crippen molar-refractivity contribution in [3.05, 3.63) is 46.8 Å². The van der Waals surface area contributed by atoms with Crippen LogP contribution < -0.4 is 15.4 Å². The summed E-state index contributed by atoms with van der Waals surface area (Å²) in [6, 6.07) is 6.53. The largest absolute Gasteiger partial charge is 0.493 e. The maximum Gasteiger partial charge on any atom is 0.435 e. The normalized spacial score (nSPS) is 20.5. The van der Waals surface area contributed by atoms with E-state index in [2.05, 4.69) is 15.7 Å². The van der Waals surface area contributed by atoms with Crippen LogP contribution in [-0.2, 0) is 22.3 Å². The number of nitrogens with one attached hydrogen (secondary N) is 2. The van der Waals surface area contributed by atoms with Gasteiger partial charge in [0.15, 0.2) is 5.69 Å². The number of aromatic nitrogens is 2. The monoisotopic (exact) mass is 589 g/mol. The van der Waals surface area contributed by atoms with E-state index in [-0.39, 0.29) is 30.2 Å². The number of fused-ring (bicyclic) bond motifs is 1. The number of rotatable bonds is 3. The molecule has 1 aromatic heterocycles. The second-order valence-electron chi connectivity index (χ2n) is 11.7. The minimum absolute atomic E-state index is 0.0113. The first-order valence-electron chi connectivity index (χ1n) is 14.8. The summed E-state index contributed by atoms with van der Waals surface area (Å²) in [6.07, 6.45) is 0.527. The Morgan fingerprint density at radius 2 is 1.79 bits per heavy atom. The number of carbonyl (C=O) groups excluding carboxylic acids is 3. The van der Waals surface area contributed by atoms with Crippen molar-refractivity contribution in [3.63, 3.8) is 0 Å². The number of hydrogen-bond donors (Lipinski definition) is 2. The quantitative estimate of drug-likeness (QED) is 0.559. The summed E-state index contributed by atoms with van der Waals surface area (Å²) in [5.41, 5.74) is 0.304. The summed E-state index contributed by atoms with van der Waals surface area (Å²) in [5, 5.41) is 9.73. The molecule has 42 heavy (non-hydrogen) atoms. The molecule has 2 aromatic rings. The van der Waals surface area contributed by atoms with Crippen LogP contribution in [0.2, 0.25) is 0 Å². The molecule has 2 fully saturated rings. The van der Waals surface area contributed by atoms with Gasteiger partial charge >= 0.3 is 6.18 Å². The van der Waals surface area contributed by atoms with Gasteiger partial charge < -0.3 is 20.3 Å². The van der Waals surface area contributed by atoms with E-state index < -0.39 is 17.3 Å². The van der Waals surface area contributed by atoms with Gasteiger partial charge in [0.2, 0.25) is 11.8 Å². The molecule has 1 saturated heterocycles. The second-order valence-corrected chi connectivity index (χ2v) is 11.7. The average molecular weight is 590 g/mol. The van der Waals surface area contributed by atoms with Crippen LogP contribution in [-0.4, -0.2) is 65.2 Å². The van der Waals surface area contributed by atoms with Gasteiger partial charge in [-0.2, -0.15) is 18.3 Å². The van der Waals surface area contributed by atoms with Gasteiger partial charge in [-0.25, -0.2) is 0 Å². The summed E-state index contributed by atoms with van der Waals surface area (Å²) >= 11 is 0. The predicted octanol–water partition coefficient (Wildman–Crippen LogP) is 4.20. The minimum atomic E-state index is -4.56. The van der Waals surface area contributed by atoms with E-state index >= 15 is 0 Å². The Kier molecular flexibility index (Phi) is 8.79. The van der Waals surface area contributed by atoms with Crippen LogP contribution in [0.3, 0.4) is 0 Å². The molecule has 1 aliphatic carbocycles. The number of hydrogen-bond acceptors (Lipinski definition) is 5. The Morgan fingerprint density at radius 1 is 1.05 bits per heavy atom. The molecule has 1 aromatic carbocycles. The van der Waals surface area contributed by atoms with E-state index in [0.29, 0.717) is 81.9 Å². The van der Waals surface area contributed by atoms with Gasteiger partial charge in [0.05, 0.1) is 17.6 Å². The molecule has 0 radical (unpaired) electrons. The van der Waals surface area contributed by atoms with Crippen LogP contribution in [0.15, 0.2) is 24.3 Å². The van der Waals surface area contributed by atoms with E-state index in [4.69, 9.17) is 4.74 Å². The molecule has 5 rings (SSSR count). The lowest BCUT2D eigenvalue weighted by atomic mass is 9.73. The smallest absolute Gasteiger partial charge is 0.435 e. The van der Waals surface area contributed by atoms with Crippen molar-refractivity contribution < 1.29 is 32.3 Å². The van der Waals surface area contributed by atoms with Crippen molar-refractivity contribution in [2.24, 2.45) is 5.41 Å². The summed E-state index contributed by atoms with van der Waals surface area (Å²) in [4.78, 5) is 41.0. The molecule has 3 amide bonds. The zero-order valence-corrected chi connectivity index (χ0v) is 23.9. The molecule has 0 atom stereocenters. The van der Waals surface area contributed by atoms with Crippen molar-refractivity contribution >= 4 is 17.7 Å². The van der Waals surface area contributed by atoms with Crippen molar-refractivity contribution in [3.8, 4) is 5.75 Å². The van der Waals surface area contributed by atoms with Crippen LogP contribution in [0.4, 0.5) is 13.2 Å². The van der Waals surface area contributed by atoms with Gasteiger partial charge in [-0.15, -0.1) is 0 Å². The van der Waals surface area contributed by atoms with Gasteiger partial charge in [-0.05, 0) is 75.6 Å². The van der Waals surface area contributed by atoms with Crippen molar-refractivity contribution in [2.75, 3.05) is 32.8 Å². The molecule has 9 nitrogen and oxygen atoms in total.